The Kier molecular flexibility index (Phi) is 4.60. The van der Waals surface area contributed by atoms with Crippen molar-refractivity contribution in [1.82, 2.24) is 4.90 Å². The van der Waals surface area contributed by atoms with E-state index in [1.165, 1.54) is 6.07 Å². The molecule has 2 N–H and O–H groups in total. The van der Waals surface area contributed by atoms with Gasteiger partial charge in [-0.15, -0.1) is 0 Å². The summed E-state index contributed by atoms with van der Waals surface area (Å²) in [6.07, 6.45) is 1.47. The van der Waals surface area contributed by atoms with Crippen LogP contribution in [-0.4, -0.2) is 30.0 Å². The zero-order chi connectivity index (χ0) is 14.7. The lowest BCUT2D eigenvalue weighted by Gasteiger charge is -2.21. The molecular weight excluding hydrogens is 259 g/mol. The lowest BCUT2D eigenvalue weighted by atomic mass is 10.1. The molecule has 1 amide bonds. The first-order chi connectivity index (χ1) is 9.49. The Bertz CT molecular complexity index is 485. The smallest absolute Gasteiger partial charge is 0.263 e. The lowest BCUT2D eigenvalue weighted by Crippen LogP contribution is -2.38. The first kappa shape index (κ1) is 14.8. The molecule has 1 aliphatic heterocycles. The van der Waals surface area contributed by atoms with E-state index in [0.29, 0.717) is 11.3 Å². The normalized spacial score (nSPS) is 17.9. The van der Waals surface area contributed by atoms with Crippen LogP contribution in [-0.2, 0) is 4.79 Å². The molecule has 0 aliphatic carbocycles. The number of nitrogens with zero attached hydrogens (tertiary/aromatic N) is 1. The summed E-state index contributed by atoms with van der Waals surface area (Å²) >= 11 is 0. The second-order valence-electron chi connectivity index (χ2n) is 5.26. The molecule has 0 bridgehead atoms. The number of carbonyl (C=O) groups is 1. The first-order valence-electron chi connectivity index (χ1n) is 6.99. The number of benzene rings is 1. The fourth-order valence-electron chi connectivity index (χ4n) is 2.40. The maximum atomic E-state index is 13.8. The molecule has 0 spiro atoms. The van der Waals surface area contributed by atoms with Gasteiger partial charge in [-0.3, -0.25) is 4.79 Å². The van der Waals surface area contributed by atoms with Crippen molar-refractivity contribution in [2.75, 3.05) is 13.1 Å². The fraction of sp³-hybridized carbons (Fsp3) is 0.533. The van der Waals surface area contributed by atoms with E-state index in [4.69, 9.17) is 10.5 Å². The predicted octanol–water partition coefficient (Wildman–Crippen LogP) is 2.24. The summed E-state index contributed by atoms with van der Waals surface area (Å²) in [5.41, 5.74) is 6.10. The molecule has 1 aromatic carbocycles. The molecule has 1 saturated heterocycles. The van der Waals surface area contributed by atoms with Gasteiger partial charge >= 0.3 is 0 Å². The molecular formula is C15H21FN2O2. The van der Waals surface area contributed by atoms with E-state index in [9.17, 15) is 9.18 Å². The Morgan fingerprint density at radius 1 is 1.35 bits per heavy atom. The average Bonchev–Trinajstić information content (AvgIpc) is 2.91. The maximum Gasteiger partial charge on any atom is 0.263 e. The van der Waals surface area contributed by atoms with Crippen LogP contribution in [0.2, 0.25) is 0 Å². The van der Waals surface area contributed by atoms with Gasteiger partial charge in [0.25, 0.3) is 5.91 Å². The molecule has 0 radical (unpaired) electrons. The Balaban J connectivity index is 2.02. The molecule has 2 rings (SSSR count). The van der Waals surface area contributed by atoms with Gasteiger partial charge < -0.3 is 15.4 Å². The van der Waals surface area contributed by atoms with Crippen LogP contribution in [0.1, 0.15) is 38.3 Å². The summed E-state index contributed by atoms with van der Waals surface area (Å²) in [4.78, 5) is 13.9. The van der Waals surface area contributed by atoms with Crippen LogP contribution < -0.4 is 10.5 Å². The van der Waals surface area contributed by atoms with Crippen LogP contribution in [0.4, 0.5) is 4.39 Å². The van der Waals surface area contributed by atoms with E-state index in [1.54, 1.807) is 30.9 Å². The van der Waals surface area contributed by atoms with Gasteiger partial charge in [-0.2, -0.15) is 0 Å². The van der Waals surface area contributed by atoms with Gasteiger partial charge in [-0.05, 0) is 32.8 Å². The Labute approximate surface area is 118 Å². The minimum Gasteiger partial charge on any atom is -0.481 e. The van der Waals surface area contributed by atoms with E-state index >= 15 is 0 Å². The van der Waals surface area contributed by atoms with Gasteiger partial charge in [-0.25, -0.2) is 4.39 Å². The largest absolute Gasteiger partial charge is 0.481 e. The molecule has 0 aromatic heterocycles. The standard InChI is InChI=1S/C15H21FN2O2/c1-10(17)13-6-5-12(9-14(13)16)20-11(2)15(19)18-7-3-4-8-18/h5-6,9-11H,3-4,7-8,17H2,1-2H3. The highest BCUT2D eigenvalue weighted by atomic mass is 19.1. The maximum absolute atomic E-state index is 13.8. The Hall–Kier alpha value is -1.62. The predicted molar refractivity (Wildman–Crippen MR) is 74.9 cm³/mol. The topological polar surface area (TPSA) is 55.6 Å². The molecule has 2 atom stereocenters. The number of amides is 1. The second kappa shape index (κ2) is 6.22. The highest BCUT2D eigenvalue weighted by Crippen LogP contribution is 2.22. The molecule has 110 valence electrons. The number of ether oxygens (including phenoxy) is 1. The molecule has 20 heavy (non-hydrogen) atoms. The van der Waals surface area contributed by atoms with Crippen LogP contribution in [0.15, 0.2) is 18.2 Å². The quantitative estimate of drug-likeness (QED) is 0.920. The van der Waals surface area contributed by atoms with Gasteiger partial charge in [0.2, 0.25) is 0 Å². The zero-order valence-corrected chi connectivity index (χ0v) is 11.9. The number of rotatable bonds is 4. The van der Waals surface area contributed by atoms with Gasteiger partial charge in [0.05, 0.1) is 0 Å². The van der Waals surface area contributed by atoms with E-state index < -0.39 is 11.9 Å². The van der Waals surface area contributed by atoms with Crippen molar-refractivity contribution in [3.05, 3.63) is 29.6 Å². The molecule has 0 saturated carbocycles. The fourth-order valence-corrected chi connectivity index (χ4v) is 2.40. The van der Waals surface area contributed by atoms with E-state index in [1.807, 2.05) is 0 Å². The molecule has 1 aromatic rings. The van der Waals surface area contributed by atoms with Gasteiger partial charge in [0, 0.05) is 30.8 Å². The van der Waals surface area contributed by atoms with Gasteiger partial charge in [0.1, 0.15) is 11.6 Å². The zero-order valence-electron chi connectivity index (χ0n) is 11.9. The molecule has 1 fully saturated rings. The molecule has 2 unspecified atom stereocenters. The summed E-state index contributed by atoms with van der Waals surface area (Å²) in [7, 11) is 0. The van der Waals surface area contributed by atoms with Crippen molar-refractivity contribution in [2.24, 2.45) is 5.73 Å². The third-order valence-electron chi connectivity index (χ3n) is 3.54. The highest BCUT2D eigenvalue weighted by molar-refractivity contribution is 5.81. The van der Waals surface area contributed by atoms with Gasteiger partial charge in [0.15, 0.2) is 6.10 Å². The van der Waals surface area contributed by atoms with Crippen molar-refractivity contribution in [2.45, 2.75) is 38.8 Å². The van der Waals surface area contributed by atoms with E-state index in [0.717, 1.165) is 25.9 Å². The summed E-state index contributed by atoms with van der Waals surface area (Å²) in [5, 5.41) is 0. The Morgan fingerprint density at radius 2 is 2.00 bits per heavy atom. The summed E-state index contributed by atoms with van der Waals surface area (Å²) < 4.78 is 19.3. The number of halogens is 1. The van der Waals surface area contributed by atoms with E-state index in [-0.39, 0.29) is 11.9 Å². The summed E-state index contributed by atoms with van der Waals surface area (Å²) in [6, 6.07) is 4.16. The number of carbonyl (C=O) groups excluding carboxylic acids is 1. The van der Waals surface area contributed by atoms with Crippen LogP contribution >= 0.6 is 0 Å². The number of hydrogen-bond donors (Lipinski definition) is 1. The third kappa shape index (κ3) is 3.28. The van der Waals surface area contributed by atoms with Crippen molar-refractivity contribution < 1.29 is 13.9 Å². The molecule has 5 heteroatoms. The number of nitrogens with two attached hydrogens (primary N) is 1. The van der Waals surface area contributed by atoms with Crippen LogP contribution in [0.25, 0.3) is 0 Å². The van der Waals surface area contributed by atoms with Crippen molar-refractivity contribution >= 4 is 5.91 Å². The summed E-state index contributed by atoms with van der Waals surface area (Å²) in [5.74, 6) is -0.0931. The Morgan fingerprint density at radius 3 is 2.55 bits per heavy atom. The molecule has 1 heterocycles. The van der Waals surface area contributed by atoms with Crippen LogP contribution in [0, 0.1) is 5.82 Å². The number of hydrogen-bond acceptors (Lipinski definition) is 3. The second-order valence-corrected chi connectivity index (χ2v) is 5.26. The number of likely N-dealkylation sites (tertiary alicyclic amines) is 1. The average molecular weight is 280 g/mol. The first-order valence-corrected chi connectivity index (χ1v) is 6.99. The minimum absolute atomic E-state index is 0.0424. The minimum atomic E-state index is -0.603. The van der Waals surface area contributed by atoms with Gasteiger partial charge in [-0.1, -0.05) is 6.07 Å². The third-order valence-corrected chi connectivity index (χ3v) is 3.54. The van der Waals surface area contributed by atoms with Crippen molar-refractivity contribution in [1.29, 1.82) is 0 Å². The monoisotopic (exact) mass is 280 g/mol. The highest BCUT2D eigenvalue weighted by Gasteiger charge is 2.24. The molecule has 4 nitrogen and oxygen atoms in total. The molecule has 1 aliphatic rings. The SMILES string of the molecule is CC(Oc1ccc(C(C)N)c(F)c1)C(=O)N1CCCC1. The van der Waals surface area contributed by atoms with E-state index in [2.05, 4.69) is 0 Å². The summed E-state index contributed by atoms with van der Waals surface area (Å²) in [6.45, 7) is 4.98. The van der Waals surface area contributed by atoms with Crippen LogP contribution in [0.3, 0.4) is 0 Å². The van der Waals surface area contributed by atoms with Crippen molar-refractivity contribution in [3.63, 3.8) is 0 Å². The lowest BCUT2D eigenvalue weighted by molar-refractivity contribution is -0.136. The van der Waals surface area contributed by atoms with Crippen LogP contribution in [0.5, 0.6) is 5.75 Å². The van der Waals surface area contributed by atoms with Crippen molar-refractivity contribution in [3.8, 4) is 5.75 Å².